The standard InChI is InChI=1S/C15H16FN3O3/c1-9-7-13(10(2)22-9)14(20)18-19-15(21)17-8-11-3-5-12(16)6-4-11/h3-7H,8H2,1-2H3,(H,18,20)(H2,17,19,21). The minimum Gasteiger partial charge on any atom is -0.466 e. The summed E-state index contributed by atoms with van der Waals surface area (Å²) < 4.78 is 18.0. The van der Waals surface area contributed by atoms with Gasteiger partial charge in [-0.15, -0.1) is 0 Å². The molecule has 0 aliphatic rings. The fourth-order valence-electron chi connectivity index (χ4n) is 1.87. The molecule has 2 rings (SSSR count). The van der Waals surface area contributed by atoms with Crippen molar-refractivity contribution in [1.82, 2.24) is 16.2 Å². The molecule has 0 saturated heterocycles. The summed E-state index contributed by atoms with van der Waals surface area (Å²) in [6, 6.07) is 6.75. The number of halogens is 1. The third-order valence-corrected chi connectivity index (χ3v) is 2.94. The van der Waals surface area contributed by atoms with Gasteiger partial charge in [-0.2, -0.15) is 0 Å². The Morgan fingerprint density at radius 2 is 1.82 bits per heavy atom. The van der Waals surface area contributed by atoms with E-state index in [-0.39, 0.29) is 12.4 Å². The smallest absolute Gasteiger partial charge is 0.333 e. The average Bonchev–Trinajstić information content (AvgIpc) is 2.83. The minimum atomic E-state index is -0.574. The van der Waals surface area contributed by atoms with Crippen LogP contribution >= 0.6 is 0 Å². The highest BCUT2D eigenvalue weighted by Gasteiger charge is 2.13. The number of urea groups is 1. The maximum absolute atomic E-state index is 12.7. The molecule has 116 valence electrons. The summed E-state index contributed by atoms with van der Waals surface area (Å²) >= 11 is 0. The molecule has 2 aromatic rings. The Bertz CT molecular complexity index is 680. The van der Waals surface area contributed by atoms with Crippen molar-refractivity contribution in [2.24, 2.45) is 0 Å². The molecule has 0 fully saturated rings. The molecule has 0 bridgehead atoms. The number of nitrogens with one attached hydrogen (secondary N) is 3. The molecule has 0 aliphatic carbocycles. The molecule has 0 atom stereocenters. The Morgan fingerprint density at radius 1 is 1.14 bits per heavy atom. The van der Waals surface area contributed by atoms with E-state index in [4.69, 9.17) is 4.42 Å². The Morgan fingerprint density at radius 3 is 2.41 bits per heavy atom. The Kier molecular flexibility index (Phi) is 4.77. The molecule has 22 heavy (non-hydrogen) atoms. The number of rotatable bonds is 3. The quantitative estimate of drug-likeness (QED) is 0.760. The molecule has 0 aliphatic heterocycles. The summed E-state index contributed by atoms with van der Waals surface area (Å²) in [7, 11) is 0. The van der Waals surface area contributed by atoms with Gasteiger partial charge >= 0.3 is 6.03 Å². The molecule has 0 spiro atoms. The first-order valence-electron chi connectivity index (χ1n) is 6.61. The Labute approximate surface area is 126 Å². The largest absolute Gasteiger partial charge is 0.466 e. The first-order valence-corrected chi connectivity index (χ1v) is 6.61. The zero-order chi connectivity index (χ0) is 16.1. The van der Waals surface area contributed by atoms with Crippen LogP contribution in [0.3, 0.4) is 0 Å². The number of carbonyl (C=O) groups is 2. The molecule has 1 aromatic carbocycles. The zero-order valence-electron chi connectivity index (χ0n) is 12.2. The number of amides is 3. The second kappa shape index (κ2) is 6.75. The van der Waals surface area contributed by atoms with Crippen molar-refractivity contribution in [3.05, 3.63) is 58.8 Å². The molecule has 1 aromatic heterocycles. The van der Waals surface area contributed by atoms with E-state index in [1.54, 1.807) is 32.0 Å². The highest BCUT2D eigenvalue weighted by Crippen LogP contribution is 2.12. The number of carbonyl (C=O) groups excluding carboxylic acids is 2. The van der Waals surface area contributed by atoms with Crippen molar-refractivity contribution in [1.29, 1.82) is 0 Å². The van der Waals surface area contributed by atoms with Crippen LogP contribution in [0.2, 0.25) is 0 Å². The lowest BCUT2D eigenvalue weighted by molar-refractivity contribution is 0.0934. The molecule has 0 saturated carbocycles. The normalized spacial score (nSPS) is 10.1. The SMILES string of the molecule is Cc1cc(C(=O)NNC(=O)NCc2ccc(F)cc2)c(C)o1. The Balaban J connectivity index is 1.79. The number of furan rings is 1. The lowest BCUT2D eigenvalue weighted by Crippen LogP contribution is -2.46. The van der Waals surface area contributed by atoms with Gasteiger partial charge in [-0.25, -0.2) is 14.6 Å². The maximum atomic E-state index is 12.7. The number of benzene rings is 1. The predicted molar refractivity (Wildman–Crippen MR) is 77.4 cm³/mol. The van der Waals surface area contributed by atoms with Crippen LogP contribution in [0.1, 0.15) is 27.4 Å². The van der Waals surface area contributed by atoms with Gasteiger partial charge in [0.2, 0.25) is 0 Å². The van der Waals surface area contributed by atoms with Gasteiger partial charge in [0.05, 0.1) is 5.56 Å². The van der Waals surface area contributed by atoms with Crippen LogP contribution in [0.25, 0.3) is 0 Å². The average molecular weight is 305 g/mol. The van der Waals surface area contributed by atoms with Crippen LogP contribution in [0, 0.1) is 19.7 Å². The predicted octanol–water partition coefficient (Wildman–Crippen LogP) is 2.18. The van der Waals surface area contributed by atoms with Gasteiger partial charge in [0.15, 0.2) is 0 Å². The molecular formula is C15H16FN3O3. The first kappa shape index (κ1) is 15.6. The van der Waals surface area contributed by atoms with Crippen molar-refractivity contribution in [3.8, 4) is 0 Å². The highest BCUT2D eigenvalue weighted by molar-refractivity contribution is 5.96. The van der Waals surface area contributed by atoms with Gasteiger partial charge in [0, 0.05) is 6.54 Å². The van der Waals surface area contributed by atoms with E-state index in [0.29, 0.717) is 17.1 Å². The molecular weight excluding hydrogens is 289 g/mol. The second-order valence-corrected chi connectivity index (χ2v) is 4.72. The van der Waals surface area contributed by atoms with Crippen LogP contribution in [0.4, 0.5) is 9.18 Å². The van der Waals surface area contributed by atoms with Crippen LogP contribution in [-0.4, -0.2) is 11.9 Å². The number of aryl methyl sites for hydroxylation is 2. The third-order valence-electron chi connectivity index (χ3n) is 2.94. The fourth-order valence-corrected chi connectivity index (χ4v) is 1.87. The van der Waals surface area contributed by atoms with Crippen molar-refractivity contribution in [2.45, 2.75) is 20.4 Å². The summed E-state index contributed by atoms with van der Waals surface area (Å²) in [5.41, 5.74) is 5.61. The summed E-state index contributed by atoms with van der Waals surface area (Å²) in [5.74, 6) is 0.282. The topological polar surface area (TPSA) is 83.4 Å². The van der Waals surface area contributed by atoms with Crippen molar-refractivity contribution in [3.63, 3.8) is 0 Å². The summed E-state index contributed by atoms with van der Waals surface area (Å²) in [4.78, 5) is 23.4. The lowest BCUT2D eigenvalue weighted by Gasteiger charge is -2.08. The maximum Gasteiger partial charge on any atom is 0.333 e. The zero-order valence-corrected chi connectivity index (χ0v) is 12.2. The fraction of sp³-hybridized carbons (Fsp3) is 0.200. The van der Waals surface area contributed by atoms with Crippen molar-refractivity contribution < 1.29 is 18.4 Å². The Hall–Kier alpha value is -2.83. The van der Waals surface area contributed by atoms with E-state index < -0.39 is 11.9 Å². The molecule has 6 nitrogen and oxygen atoms in total. The van der Waals surface area contributed by atoms with E-state index >= 15 is 0 Å². The van der Waals surface area contributed by atoms with Crippen LogP contribution < -0.4 is 16.2 Å². The highest BCUT2D eigenvalue weighted by atomic mass is 19.1. The van der Waals surface area contributed by atoms with Gasteiger partial charge in [-0.3, -0.25) is 10.2 Å². The van der Waals surface area contributed by atoms with Gasteiger partial charge < -0.3 is 9.73 Å². The van der Waals surface area contributed by atoms with Gasteiger partial charge in [0.25, 0.3) is 5.91 Å². The van der Waals surface area contributed by atoms with E-state index in [9.17, 15) is 14.0 Å². The molecule has 0 unspecified atom stereocenters. The molecule has 3 amide bonds. The van der Waals surface area contributed by atoms with E-state index in [1.807, 2.05) is 0 Å². The van der Waals surface area contributed by atoms with Gasteiger partial charge in [-0.05, 0) is 37.6 Å². The summed E-state index contributed by atoms with van der Waals surface area (Å²) in [5, 5.41) is 2.53. The van der Waals surface area contributed by atoms with Gasteiger partial charge in [0.1, 0.15) is 17.3 Å². The molecule has 0 radical (unpaired) electrons. The molecule has 3 N–H and O–H groups in total. The summed E-state index contributed by atoms with van der Waals surface area (Å²) in [6.45, 7) is 3.61. The van der Waals surface area contributed by atoms with E-state index in [2.05, 4.69) is 16.2 Å². The van der Waals surface area contributed by atoms with Crippen molar-refractivity contribution >= 4 is 11.9 Å². The van der Waals surface area contributed by atoms with E-state index in [1.165, 1.54) is 12.1 Å². The molecule has 7 heteroatoms. The van der Waals surface area contributed by atoms with Crippen LogP contribution in [-0.2, 0) is 6.54 Å². The van der Waals surface area contributed by atoms with Crippen molar-refractivity contribution in [2.75, 3.05) is 0 Å². The number of hydrogen-bond acceptors (Lipinski definition) is 3. The van der Waals surface area contributed by atoms with E-state index in [0.717, 1.165) is 5.56 Å². The van der Waals surface area contributed by atoms with Gasteiger partial charge in [-0.1, -0.05) is 12.1 Å². The lowest BCUT2D eigenvalue weighted by atomic mass is 10.2. The third kappa shape index (κ3) is 4.08. The number of hydrazine groups is 1. The summed E-state index contributed by atoms with van der Waals surface area (Å²) in [6.07, 6.45) is 0. The number of hydrogen-bond donors (Lipinski definition) is 3. The molecule has 1 heterocycles. The monoisotopic (exact) mass is 305 g/mol. The first-order chi connectivity index (χ1) is 10.5. The van der Waals surface area contributed by atoms with Crippen LogP contribution in [0.5, 0.6) is 0 Å². The minimum absolute atomic E-state index is 0.214. The second-order valence-electron chi connectivity index (χ2n) is 4.72. The van der Waals surface area contributed by atoms with Crippen LogP contribution in [0.15, 0.2) is 34.7 Å².